The summed E-state index contributed by atoms with van der Waals surface area (Å²) in [6.07, 6.45) is 8.32. The number of nitrogens with zero attached hydrogens (tertiary/aromatic N) is 3. The third kappa shape index (κ3) is 7.30. The van der Waals surface area contributed by atoms with E-state index in [-0.39, 0.29) is 60.7 Å². The van der Waals surface area contributed by atoms with E-state index in [1.54, 1.807) is 28.6 Å². The molecule has 1 aromatic heterocycles. The summed E-state index contributed by atoms with van der Waals surface area (Å²) in [5.41, 5.74) is 1.65. The molecule has 12 heteroatoms. The Kier molecular flexibility index (Phi) is 10.8. The Morgan fingerprint density at radius 3 is 2.43 bits per heavy atom. The van der Waals surface area contributed by atoms with Crippen molar-refractivity contribution in [2.45, 2.75) is 68.6 Å². The first-order valence-corrected chi connectivity index (χ1v) is 17.2. The van der Waals surface area contributed by atoms with Crippen LogP contribution in [0.1, 0.15) is 61.7 Å². The van der Waals surface area contributed by atoms with Crippen LogP contribution in [-0.4, -0.2) is 91.9 Å². The number of rotatable bonds is 12. The molecule has 2 atom stereocenters. The molecule has 1 N–H and O–H groups in total. The second-order valence-corrected chi connectivity index (χ2v) is 13.7. The van der Waals surface area contributed by atoms with Crippen molar-refractivity contribution in [2.75, 3.05) is 40.5 Å². The first-order valence-electron chi connectivity index (χ1n) is 15.8. The molecule has 1 saturated carbocycles. The Morgan fingerprint density at radius 1 is 1.04 bits per heavy atom. The van der Waals surface area contributed by atoms with Gasteiger partial charge in [-0.2, -0.15) is 4.31 Å². The standard InChI is InChI=1S/C34H43N3O8S/c1-24(39)37-23-30(29-11-7-8-12-31(29)37)25-21-32(34(40)35(2)26-9-5-4-6-10-26)45-33(22-25)44-20-18-36(17-19-38)46(41,42)28-15-13-27(43-3)14-16-28/h7-8,11-16,21,23,25-26,33,38H,4-6,9-10,17-20,22H2,1-3H3/t25-,33+/m0/s1. The van der Waals surface area contributed by atoms with E-state index in [0.29, 0.717) is 12.2 Å². The number of aliphatic hydroxyl groups is 1. The molecule has 11 nitrogen and oxygen atoms in total. The summed E-state index contributed by atoms with van der Waals surface area (Å²) in [5, 5.41) is 10.5. The predicted molar refractivity (Wildman–Crippen MR) is 173 cm³/mol. The van der Waals surface area contributed by atoms with Crippen LogP contribution in [0.3, 0.4) is 0 Å². The zero-order valence-corrected chi connectivity index (χ0v) is 27.4. The highest BCUT2D eigenvalue weighted by molar-refractivity contribution is 7.89. The first-order chi connectivity index (χ1) is 22.1. The summed E-state index contributed by atoms with van der Waals surface area (Å²) in [5.74, 6) is 0.0386. The summed E-state index contributed by atoms with van der Waals surface area (Å²) >= 11 is 0. The second-order valence-electron chi connectivity index (χ2n) is 11.8. The molecule has 0 unspecified atom stereocenters. The van der Waals surface area contributed by atoms with E-state index in [2.05, 4.69) is 0 Å². The van der Waals surface area contributed by atoms with Crippen molar-refractivity contribution in [3.05, 3.63) is 72.1 Å². The van der Waals surface area contributed by atoms with Crippen LogP contribution in [0.2, 0.25) is 0 Å². The number of hydrogen-bond acceptors (Lipinski definition) is 8. The normalized spacial score (nSPS) is 19.1. The molecule has 0 radical (unpaired) electrons. The molecule has 1 aliphatic heterocycles. The van der Waals surface area contributed by atoms with E-state index in [9.17, 15) is 23.1 Å². The second kappa shape index (κ2) is 14.8. The smallest absolute Gasteiger partial charge is 0.288 e. The van der Waals surface area contributed by atoms with E-state index in [1.807, 2.05) is 36.5 Å². The summed E-state index contributed by atoms with van der Waals surface area (Å²) in [6.45, 7) is 0.937. The predicted octanol–water partition coefficient (Wildman–Crippen LogP) is 4.51. The van der Waals surface area contributed by atoms with E-state index in [0.717, 1.165) is 52.9 Å². The first kappa shape index (κ1) is 33.6. The number of fused-ring (bicyclic) bond motifs is 1. The molecular weight excluding hydrogens is 610 g/mol. The Bertz CT molecular complexity index is 1660. The molecule has 2 heterocycles. The monoisotopic (exact) mass is 653 g/mol. The van der Waals surface area contributed by atoms with Crippen LogP contribution < -0.4 is 4.74 Å². The van der Waals surface area contributed by atoms with Gasteiger partial charge in [-0.3, -0.25) is 14.2 Å². The Labute approximate surface area is 270 Å². The van der Waals surface area contributed by atoms with Crippen LogP contribution in [0.15, 0.2) is 71.5 Å². The third-order valence-electron chi connectivity index (χ3n) is 8.88. The molecule has 0 saturated heterocycles. The molecule has 0 bridgehead atoms. The van der Waals surface area contributed by atoms with Gasteiger partial charge < -0.3 is 24.2 Å². The van der Waals surface area contributed by atoms with Gasteiger partial charge in [0.15, 0.2) is 5.76 Å². The molecular formula is C34H43N3O8S. The van der Waals surface area contributed by atoms with Gasteiger partial charge in [-0.05, 0) is 54.8 Å². The number of aliphatic hydroxyl groups excluding tert-OH is 1. The number of methoxy groups -OCH3 is 1. The summed E-state index contributed by atoms with van der Waals surface area (Å²) < 4.78 is 47.0. The van der Waals surface area contributed by atoms with Crippen LogP contribution in [0.4, 0.5) is 0 Å². The maximum absolute atomic E-state index is 13.8. The molecule has 5 rings (SSSR count). The average Bonchev–Trinajstić information content (AvgIpc) is 3.48. The summed E-state index contributed by atoms with van der Waals surface area (Å²) in [7, 11) is -0.626. The largest absolute Gasteiger partial charge is 0.497 e. The van der Waals surface area contributed by atoms with Gasteiger partial charge in [-0.25, -0.2) is 8.42 Å². The summed E-state index contributed by atoms with van der Waals surface area (Å²) in [6, 6.07) is 13.8. The number of benzene rings is 2. The lowest BCUT2D eigenvalue weighted by atomic mass is 9.91. The molecule has 2 aliphatic rings. The number of ether oxygens (including phenoxy) is 3. The van der Waals surface area contributed by atoms with Gasteiger partial charge in [-0.15, -0.1) is 0 Å². The molecule has 46 heavy (non-hydrogen) atoms. The average molecular weight is 654 g/mol. The zero-order chi connectivity index (χ0) is 32.8. The van der Waals surface area contributed by atoms with Gasteiger partial charge in [0.2, 0.25) is 22.2 Å². The van der Waals surface area contributed by atoms with Crippen LogP contribution in [0.25, 0.3) is 10.9 Å². The quantitative estimate of drug-likeness (QED) is 0.303. The maximum Gasteiger partial charge on any atom is 0.288 e. The zero-order valence-electron chi connectivity index (χ0n) is 26.6. The number of aromatic nitrogens is 1. The Balaban J connectivity index is 1.38. The van der Waals surface area contributed by atoms with Gasteiger partial charge in [0.25, 0.3) is 5.91 Å². The fraction of sp³-hybridized carbons (Fsp3) is 0.471. The van der Waals surface area contributed by atoms with Crippen LogP contribution >= 0.6 is 0 Å². The van der Waals surface area contributed by atoms with Crippen molar-refractivity contribution >= 4 is 32.7 Å². The number of allylic oxidation sites excluding steroid dienone is 1. The number of amides is 1. The van der Waals surface area contributed by atoms with Crippen molar-refractivity contribution in [2.24, 2.45) is 0 Å². The Hall–Kier alpha value is -3.71. The van der Waals surface area contributed by atoms with E-state index in [4.69, 9.17) is 14.2 Å². The minimum Gasteiger partial charge on any atom is -0.497 e. The van der Waals surface area contributed by atoms with Crippen molar-refractivity contribution < 1.29 is 37.3 Å². The van der Waals surface area contributed by atoms with Gasteiger partial charge >= 0.3 is 0 Å². The van der Waals surface area contributed by atoms with Crippen LogP contribution in [-0.2, 0) is 24.3 Å². The molecule has 1 aliphatic carbocycles. The summed E-state index contributed by atoms with van der Waals surface area (Å²) in [4.78, 5) is 28.1. The fourth-order valence-corrected chi connectivity index (χ4v) is 7.76. The molecule has 1 amide bonds. The van der Waals surface area contributed by atoms with Crippen molar-refractivity contribution in [3.8, 4) is 5.75 Å². The van der Waals surface area contributed by atoms with E-state index < -0.39 is 16.3 Å². The highest BCUT2D eigenvalue weighted by Gasteiger charge is 2.34. The minimum atomic E-state index is -3.93. The topological polar surface area (TPSA) is 128 Å². The van der Waals surface area contributed by atoms with Crippen molar-refractivity contribution in [3.63, 3.8) is 0 Å². The van der Waals surface area contributed by atoms with Gasteiger partial charge in [0.1, 0.15) is 5.75 Å². The van der Waals surface area contributed by atoms with Gasteiger partial charge in [0, 0.05) is 57.0 Å². The fourth-order valence-electron chi connectivity index (χ4n) is 6.34. The molecule has 2 aromatic carbocycles. The lowest BCUT2D eigenvalue weighted by Crippen LogP contribution is -2.41. The lowest BCUT2D eigenvalue weighted by Gasteiger charge is -2.35. The van der Waals surface area contributed by atoms with Crippen molar-refractivity contribution in [1.82, 2.24) is 13.8 Å². The van der Waals surface area contributed by atoms with Gasteiger partial charge in [0.05, 0.1) is 30.7 Å². The minimum absolute atomic E-state index is 0.0398. The van der Waals surface area contributed by atoms with E-state index >= 15 is 0 Å². The van der Waals surface area contributed by atoms with Gasteiger partial charge in [-0.1, -0.05) is 37.5 Å². The number of para-hydroxylation sites is 1. The number of carbonyl (C=O) groups is 2. The molecule has 3 aromatic rings. The molecule has 248 valence electrons. The van der Waals surface area contributed by atoms with Crippen molar-refractivity contribution in [1.29, 1.82) is 0 Å². The number of carbonyl (C=O) groups excluding carboxylic acids is 2. The molecule has 1 fully saturated rings. The SMILES string of the molecule is COc1ccc(S(=O)(=O)N(CCO)CCO[C@H]2C[C@@H](c3cn(C(C)=O)c4ccccc34)C=C(C(=O)N(C)C3CCCCC3)O2)cc1. The number of likely N-dealkylation sites (N-methyl/N-ethyl adjacent to an activating group) is 1. The third-order valence-corrected chi connectivity index (χ3v) is 10.8. The van der Waals surface area contributed by atoms with Crippen LogP contribution in [0, 0.1) is 0 Å². The number of sulfonamides is 1. The highest BCUT2D eigenvalue weighted by Crippen LogP contribution is 2.37. The van der Waals surface area contributed by atoms with E-state index in [1.165, 1.54) is 26.2 Å². The highest BCUT2D eigenvalue weighted by atomic mass is 32.2. The molecule has 0 spiro atoms. The Morgan fingerprint density at radius 2 is 1.76 bits per heavy atom. The van der Waals surface area contributed by atoms with Crippen LogP contribution in [0.5, 0.6) is 5.75 Å². The lowest BCUT2D eigenvalue weighted by molar-refractivity contribution is -0.153. The maximum atomic E-state index is 13.8. The number of hydrogen-bond donors (Lipinski definition) is 1.